The van der Waals surface area contributed by atoms with E-state index in [4.69, 9.17) is 0 Å². The van der Waals surface area contributed by atoms with E-state index in [2.05, 4.69) is 20.8 Å². The second-order valence-electron chi connectivity index (χ2n) is 5.89. The van der Waals surface area contributed by atoms with Crippen LogP contribution < -0.4 is 2.89 Å². The summed E-state index contributed by atoms with van der Waals surface area (Å²) in [6, 6.07) is 0. The zero-order valence-corrected chi connectivity index (χ0v) is 16.9. The van der Waals surface area contributed by atoms with Gasteiger partial charge in [-0.1, -0.05) is 0 Å². The molecule has 1 aromatic rings. The second-order valence-corrected chi connectivity index (χ2v) is 20.8. The Hall–Kier alpha value is 0.0987. The molecule has 1 heterocycles. The molecule has 0 unspecified atom stereocenters. The quantitative estimate of drug-likeness (QED) is 0.525. The van der Waals surface area contributed by atoms with Gasteiger partial charge in [-0.25, -0.2) is 0 Å². The van der Waals surface area contributed by atoms with Crippen molar-refractivity contribution in [1.29, 1.82) is 0 Å². The zero-order chi connectivity index (χ0) is 15.0. The molecule has 0 saturated heterocycles. The van der Waals surface area contributed by atoms with Gasteiger partial charge < -0.3 is 0 Å². The van der Waals surface area contributed by atoms with E-state index in [0.717, 1.165) is 0 Å². The summed E-state index contributed by atoms with van der Waals surface area (Å²) in [5.41, 5.74) is 0. The monoisotopic (exact) mass is 406 g/mol. The standard InChI is InChI=1S/C4H3O2S.3C4H9.Sn/c5-3-1-7-2-4(3)6;3*1-3-4-2;/h1,5-6H;3*1,3-4H2,2H3;. The molecule has 0 spiro atoms. The first-order chi connectivity index (χ1) is 9.61. The van der Waals surface area contributed by atoms with E-state index in [1.807, 2.05) is 0 Å². The molecule has 116 valence electrons. The van der Waals surface area contributed by atoms with Crippen molar-refractivity contribution < 1.29 is 10.2 Å². The van der Waals surface area contributed by atoms with Crippen molar-refractivity contribution in [3.05, 3.63) is 5.38 Å². The van der Waals surface area contributed by atoms with Crippen LogP contribution in [-0.2, 0) is 0 Å². The van der Waals surface area contributed by atoms with Crippen molar-refractivity contribution in [3.8, 4) is 11.5 Å². The van der Waals surface area contributed by atoms with Crippen LogP contribution in [0, 0.1) is 0 Å². The molecule has 0 aliphatic rings. The fraction of sp³-hybridized carbons (Fsp3) is 0.750. The predicted molar refractivity (Wildman–Crippen MR) is 92.2 cm³/mol. The molecule has 2 N–H and O–H groups in total. The Labute approximate surface area is 132 Å². The zero-order valence-electron chi connectivity index (χ0n) is 13.2. The molecule has 0 aliphatic carbocycles. The number of thiophene rings is 1. The number of hydrogen-bond acceptors (Lipinski definition) is 3. The van der Waals surface area contributed by atoms with Crippen LogP contribution >= 0.6 is 11.3 Å². The molecule has 2 nitrogen and oxygen atoms in total. The van der Waals surface area contributed by atoms with E-state index in [9.17, 15) is 10.2 Å². The molecule has 0 aromatic carbocycles. The Morgan fingerprint density at radius 1 is 0.900 bits per heavy atom. The van der Waals surface area contributed by atoms with Crippen LogP contribution in [0.4, 0.5) is 0 Å². The minimum atomic E-state index is -2.53. The Morgan fingerprint density at radius 3 is 1.65 bits per heavy atom. The second kappa shape index (κ2) is 9.18. The molecule has 0 saturated carbocycles. The van der Waals surface area contributed by atoms with E-state index in [1.54, 1.807) is 16.7 Å². The maximum absolute atomic E-state index is 10.3. The summed E-state index contributed by atoms with van der Waals surface area (Å²) in [5, 5.41) is 21.8. The number of unbranched alkanes of at least 4 members (excludes halogenated alkanes) is 3. The third kappa shape index (κ3) is 4.55. The van der Waals surface area contributed by atoms with Crippen molar-refractivity contribution in [1.82, 2.24) is 0 Å². The summed E-state index contributed by atoms with van der Waals surface area (Å²) < 4.78 is 5.22. The average molecular weight is 405 g/mol. The molecule has 0 amide bonds. The van der Waals surface area contributed by atoms with Gasteiger partial charge in [-0.3, -0.25) is 0 Å². The Morgan fingerprint density at radius 2 is 1.35 bits per heavy atom. The fourth-order valence-corrected chi connectivity index (χ4v) is 23.2. The van der Waals surface area contributed by atoms with Gasteiger partial charge in [-0.05, 0) is 0 Å². The van der Waals surface area contributed by atoms with Crippen LogP contribution in [0.1, 0.15) is 59.3 Å². The first-order valence-electron chi connectivity index (χ1n) is 8.11. The summed E-state index contributed by atoms with van der Waals surface area (Å²) >= 11 is -0.901. The van der Waals surface area contributed by atoms with Crippen molar-refractivity contribution in [3.63, 3.8) is 0 Å². The molecule has 0 radical (unpaired) electrons. The van der Waals surface area contributed by atoms with Crippen molar-refractivity contribution in [2.24, 2.45) is 0 Å². The predicted octanol–water partition coefficient (Wildman–Crippen LogP) is 5.22. The van der Waals surface area contributed by atoms with E-state index in [-0.39, 0.29) is 11.5 Å². The van der Waals surface area contributed by atoms with E-state index < -0.39 is 18.4 Å². The molecule has 1 rings (SSSR count). The molecule has 20 heavy (non-hydrogen) atoms. The summed E-state index contributed by atoms with van der Waals surface area (Å²) in [5.74, 6) is 0.338. The third-order valence-electron chi connectivity index (χ3n) is 4.25. The van der Waals surface area contributed by atoms with Crippen LogP contribution in [0.3, 0.4) is 0 Å². The van der Waals surface area contributed by atoms with E-state index >= 15 is 0 Å². The van der Waals surface area contributed by atoms with Crippen LogP contribution in [0.15, 0.2) is 5.38 Å². The van der Waals surface area contributed by atoms with Gasteiger partial charge in [-0.15, -0.1) is 0 Å². The molecule has 0 fully saturated rings. The number of aromatic hydroxyl groups is 2. The SMILES string of the molecule is CCC[CH2][Sn]([CH2]CCC)([CH2]CCC)[c]1scc(O)c1O. The van der Waals surface area contributed by atoms with Gasteiger partial charge in [0.15, 0.2) is 0 Å². The van der Waals surface area contributed by atoms with Gasteiger partial charge >= 0.3 is 132 Å². The van der Waals surface area contributed by atoms with Crippen molar-refractivity contribution >= 4 is 32.6 Å². The van der Waals surface area contributed by atoms with Gasteiger partial charge in [0.1, 0.15) is 0 Å². The third-order valence-corrected chi connectivity index (χ3v) is 23.6. The van der Waals surface area contributed by atoms with Crippen molar-refractivity contribution in [2.75, 3.05) is 0 Å². The van der Waals surface area contributed by atoms with Gasteiger partial charge in [0.25, 0.3) is 0 Å². The summed E-state index contributed by atoms with van der Waals surface area (Å²) in [6.07, 6.45) is 7.53. The van der Waals surface area contributed by atoms with Crippen LogP contribution in [-0.4, -0.2) is 28.6 Å². The molecule has 0 atom stereocenters. The molecule has 1 aromatic heterocycles. The minimum absolute atomic E-state index is 0.107. The van der Waals surface area contributed by atoms with E-state index in [1.165, 1.54) is 54.7 Å². The Balaban J connectivity index is 3.08. The van der Waals surface area contributed by atoms with Gasteiger partial charge in [0.2, 0.25) is 0 Å². The van der Waals surface area contributed by atoms with Crippen molar-refractivity contribution in [2.45, 2.75) is 72.6 Å². The number of hydrogen-bond donors (Lipinski definition) is 2. The topological polar surface area (TPSA) is 40.5 Å². The summed E-state index contributed by atoms with van der Waals surface area (Å²) in [7, 11) is 0. The Bertz CT molecular complexity index is 368. The van der Waals surface area contributed by atoms with Crippen LogP contribution in [0.25, 0.3) is 0 Å². The van der Waals surface area contributed by atoms with Gasteiger partial charge in [-0.2, -0.15) is 0 Å². The fourth-order valence-electron chi connectivity index (χ4n) is 2.98. The number of rotatable bonds is 10. The maximum atomic E-state index is 10.3. The summed E-state index contributed by atoms with van der Waals surface area (Å²) in [6.45, 7) is 6.76. The van der Waals surface area contributed by atoms with Crippen LogP contribution in [0.5, 0.6) is 11.5 Å². The Kier molecular flexibility index (Phi) is 8.33. The first kappa shape index (κ1) is 18.1. The normalized spacial score (nSPS) is 11.9. The van der Waals surface area contributed by atoms with Crippen LogP contribution in [0.2, 0.25) is 13.3 Å². The summed E-state index contributed by atoms with van der Waals surface area (Å²) in [4.78, 5) is 0. The van der Waals surface area contributed by atoms with Gasteiger partial charge in [0.05, 0.1) is 0 Å². The molecular weight excluding hydrogens is 375 g/mol. The average Bonchev–Trinajstić information content (AvgIpc) is 2.79. The molecule has 4 heteroatoms. The molecule has 0 bridgehead atoms. The molecular formula is C16H30O2SSn. The van der Waals surface area contributed by atoms with E-state index in [0.29, 0.717) is 0 Å². The first-order valence-corrected chi connectivity index (χ1v) is 16.5. The molecule has 0 aliphatic heterocycles. The van der Waals surface area contributed by atoms with Gasteiger partial charge in [0, 0.05) is 0 Å².